The fourth-order valence-electron chi connectivity index (χ4n) is 3.94. The quantitative estimate of drug-likeness (QED) is 0.130. The number of aromatic amines is 2. The zero-order valence-corrected chi connectivity index (χ0v) is 21.1. The van der Waals surface area contributed by atoms with E-state index >= 15 is 0 Å². The van der Waals surface area contributed by atoms with E-state index in [2.05, 4.69) is 30.9 Å². The smallest absolute Gasteiger partial charge is 0.326 e. The van der Waals surface area contributed by atoms with E-state index < -0.39 is 60.2 Å². The topological polar surface area (TPSA) is 232 Å². The van der Waals surface area contributed by atoms with Gasteiger partial charge in [0.25, 0.3) is 0 Å². The lowest BCUT2D eigenvalue weighted by molar-refractivity contribution is -0.142. The van der Waals surface area contributed by atoms with Gasteiger partial charge >= 0.3 is 11.9 Å². The van der Waals surface area contributed by atoms with Crippen LogP contribution in [0.15, 0.2) is 43.0 Å². The molecule has 3 rings (SSSR count). The number of rotatable bonds is 14. The van der Waals surface area contributed by atoms with Gasteiger partial charge in [0.2, 0.25) is 17.7 Å². The molecule has 0 saturated carbocycles. The molecule has 2 aromatic heterocycles. The van der Waals surface area contributed by atoms with Gasteiger partial charge in [-0.2, -0.15) is 0 Å². The number of carboxylic acid groups (broad SMARTS) is 2. The molecule has 0 spiro atoms. The number of nitrogens with zero attached hydrogens (tertiary/aromatic N) is 1. The van der Waals surface area contributed by atoms with Crippen molar-refractivity contribution in [1.29, 1.82) is 0 Å². The van der Waals surface area contributed by atoms with Crippen molar-refractivity contribution in [1.82, 2.24) is 30.9 Å². The first-order chi connectivity index (χ1) is 18.5. The summed E-state index contributed by atoms with van der Waals surface area (Å²) in [5, 5.41) is 26.7. The van der Waals surface area contributed by atoms with Crippen molar-refractivity contribution in [3.8, 4) is 0 Å². The number of aromatic nitrogens is 3. The van der Waals surface area contributed by atoms with E-state index in [0.717, 1.165) is 16.5 Å². The third-order valence-corrected chi connectivity index (χ3v) is 6.08. The number of fused-ring (bicyclic) bond motifs is 1. The zero-order valence-electron chi connectivity index (χ0n) is 21.1. The minimum absolute atomic E-state index is 0.0622. The molecule has 39 heavy (non-hydrogen) atoms. The lowest BCUT2D eigenvalue weighted by Gasteiger charge is -2.23. The van der Waals surface area contributed by atoms with E-state index in [-0.39, 0.29) is 19.3 Å². The van der Waals surface area contributed by atoms with E-state index in [0.29, 0.717) is 5.69 Å². The summed E-state index contributed by atoms with van der Waals surface area (Å²) in [6.07, 6.45) is 3.95. The Hall–Kier alpha value is -4.72. The van der Waals surface area contributed by atoms with E-state index in [4.69, 9.17) is 10.8 Å². The second kappa shape index (κ2) is 13.2. The van der Waals surface area contributed by atoms with E-state index in [1.54, 1.807) is 6.20 Å². The van der Waals surface area contributed by atoms with Crippen molar-refractivity contribution in [2.45, 2.75) is 56.8 Å². The molecule has 3 aromatic rings. The van der Waals surface area contributed by atoms with Crippen LogP contribution < -0.4 is 21.7 Å². The average Bonchev–Trinajstić information content (AvgIpc) is 3.55. The van der Waals surface area contributed by atoms with Crippen LogP contribution in [0.1, 0.15) is 31.0 Å². The van der Waals surface area contributed by atoms with Gasteiger partial charge in [-0.25, -0.2) is 9.78 Å². The van der Waals surface area contributed by atoms with Crippen LogP contribution in [0.3, 0.4) is 0 Å². The van der Waals surface area contributed by atoms with Crippen LogP contribution in [-0.2, 0) is 36.8 Å². The number of carbonyl (C=O) groups excluding carboxylic acids is 3. The molecule has 0 fully saturated rings. The van der Waals surface area contributed by atoms with Crippen molar-refractivity contribution in [3.05, 3.63) is 54.2 Å². The summed E-state index contributed by atoms with van der Waals surface area (Å²) in [6, 6.07) is 2.67. The first kappa shape index (κ1) is 28.8. The number of hydrogen-bond donors (Lipinski definition) is 8. The number of aliphatic carboxylic acids is 2. The molecule has 208 valence electrons. The van der Waals surface area contributed by atoms with Crippen molar-refractivity contribution in [2.24, 2.45) is 5.73 Å². The van der Waals surface area contributed by atoms with Crippen LogP contribution in [0, 0.1) is 0 Å². The number of amides is 3. The fraction of sp³-hybridized carbons (Fsp3) is 0.360. The summed E-state index contributed by atoms with van der Waals surface area (Å²) in [5.74, 6) is -4.73. The average molecular weight is 542 g/mol. The molecule has 0 aliphatic heterocycles. The number of H-pyrrole nitrogens is 2. The van der Waals surface area contributed by atoms with Gasteiger partial charge in [-0.05, 0) is 31.4 Å². The van der Waals surface area contributed by atoms with E-state index in [1.165, 1.54) is 19.4 Å². The molecular formula is C25H31N7O7. The van der Waals surface area contributed by atoms with Gasteiger partial charge in [-0.15, -0.1) is 0 Å². The molecule has 4 unspecified atom stereocenters. The van der Waals surface area contributed by atoms with E-state index in [1.807, 2.05) is 24.3 Å². The fourth-order valence-corrected chi connectivity index (χ4v) is 3.94. The van der Waals surface area contributed by atoms with Gasteiger partial charge in [0, 0.05) is 41.8 Å². The molecule has 1 aromatic carbocycles. The number of para-hydroxylation sites is 1. The summed E-state index contributed by atoms with van der Waals surface area (Å²) in [4.78, 5) is 70.7. The third-order valence-electron chi connectivity index (χ3n) is 6.08. The van der Waals surface area contributed by atoms with Crippen LogP contribution in [0.2, 0.25) is 0 Å². The molecule has 4 atom stereocenters. The molecule has 0 radical (unpaired) electrons. The van der Waals surface area contributed by atoms with Gasteiger partial charge in [-0.1, -0.05) is 18.2 Å². The molecule has 0 aliphatic carbocycles. The Kier molecular flexibility index (Phi) is 9.75. The van der Waals surface area contributed by atoms with Gasteiger partial charge in [0.1, 0.15) is 18.1 Å². The molecule has 0 bridgehead atoms. The maximum absolute atomic E-state index is 12.9. The van der Waals surface area contributed by atoms with Crippen molar-refractivity contribution in [2.75, 3.05) is 0 Å². The molecular weight excluding hydrogens is 510 g/mol. The normalized spacial score (nSPS) is 14.1. The lowest BCUT2D eigenvalue weighted by Crippen LogP contribution is -2.56. The number of imidazole rings is 1. The molecule has 3 amide bonds. The summed E-state index contributed by atoms with van der Waals surface area (Å²) in [5.41, 5.74) is 8.25. The monoisotopic (exact) mass is 541 g/mol. The standard InChI is InChI=1S/C25H31N7O7/c1-13(22(35)32-20(25(38)39)9-15-11-27-12-29-15)30-24(37)19(6-7-21(33)34)31-23(36)17(26)8-14-10-28-18-5-3-2-4-16(14)18/h2-5,10-13,17,19-20,28H,6-9,26H2,1H3,(H,27,29)(H,30,37)(H,31,36)(H,32,35)(H,33,34)(H,38,39). The number of carboxylic acids is 2. The Morgan fingerprint density at radius 2 is 1.67 bits per heavy atom. The number of hydrogen-bond acceptors (Lipinski definition) is 7. The second-order valence-electron chi connectivity index (χ2n) is 9.07. The molecule has 0 saturated heterocycles. The highest BCUT2D eigenvalue weighted by Crippen LogP contribution is 2.18. The number of nitrogens with two attached hydrogens (primary N) is 1. The second-order valence-corrected chi connectivity index (χ2v) is 9.07. The molecule has 14 heteroatoms. The Morgan fingerprint density at radius 1 is 0.949 bits per heavy atom. The Bertz CT molecular complexity index is 1320. The van der Waals surface area contributed by atoms with Crippen LogP contribution in [0.5, 0.6) is 0 Å². The number of nitrogens with one attached hydrogen (secondary N) is 5. The van der Waals surface area contributed by atoms with Crippen molar-refractivity contribution >= 4 is 40.6 Å². The lowest BCUT2D eigenvalue weighted by atomic mass is 10.0. The SMILES string of the molecule is CC(NC(=O)C(CCC(=O)O)NC(=O)C(N)Cc1c[nH]c2ccccc12)C(=O)NC(Cc1cnc[nH]1)C(=O)O. The number of carbonyl (C=O) groups is 5. The predicted molar refractivity (Wildman–Crippen MR) is 138 cm³/mol. The van der Waals surface area contributed by atoms with Gasteiger partial charge in [-0.3, -0.25) is 19.2 Å². The summed E-state index contributed by atoms with van der Waals surface area (Å²) < 4.78 is 0. The Balaban J connectivity index is 1.61. The summed E-state index contributed by atoms with van der Waals surface area (Å²) in [7, 11) is 0. The Labute approximate surface area is 222 Å². The molecule has 2 heterocycles. The highest BCUT2D eigenvalue weighted by molar-refractivity contribution is 5.94. The summed E-state index contributed by atoms with van der Waals surface area (Å²) >= 11 is 0. The Morgan fingerprint density at radius 3 is 2.33 bits per heavy atom. The first-order valence-electron chi connectivity index (χ1n) is 12.2. The zero-order chi connectivity index (χ0) is 28.5. The van der Waals surface area contributed by atoms with Gasteiger partial charge in [0.05, 0.1) is 12.4 Å². The van der Waals surface area contributed by atoms with Crippen molar-refractivity contribution < 1.29 is 34.2 Å². The first-order valence-corrected chi connectivity index (χ1v) is 12.2. The minimum Gasteiger partial charge on any atom is -0.481 e. The van der Waals surface area contributed by atoms with Gasteiger partial charge < -0.3 is 41.9 Å². The van der Waals surface area contributed by atoms with Crippen LogP contribution in [0.25, 0.3) is 10.9 Å². The predicted octanol–water partition coefficient (Wildman–Crippen LogP) is -0.573. The van der Waals surface area contributed by atoms with Crippen molar-refractivity contribution in [3.63, 3.8) is 0 Å². The largest absolute Gasteiger partial charge is 0.481 e. The van der Waals surface area contributed by atoms with Crippen LogP contribution in [-0.4, -0.2) is 79.0 Å². The molecule has 9 N–H and O–H groups in total. The van der Waals surface area contributed by atoms with E-state index in [9.17, 15) is 29.1 Å². The highest BCUT2D eigenvalue weighted by Gasteiger charge is 2.29. The highest BCUT2D eigenvalue weighted by atomic mass is 16.4. The molecule has 0 aliphatic rings. The maximum Gasteiger partial charge on any atom is 0.326 e. The minimum atomic E-state index is -1.29. The van der Waals surface area contributed by atoms with Crippen LogP contribution in [0.4, 0.5) is 0 Å². The van der Waals surface area contributed by atoms with Crippen LogP contribution >= 0.6 is 0 Å². The third kappa shape index (κ3) is 8.13. The summed E-state index contributed by atoms with van der Waals surface area (Å²) in [6.45, 7) is 1.33. The maximum atomic E-state index is 12.9. The van der Waals surface area contributed by atoms with Gasteiger partial charge in [0.15, 0.2) is 0 Å². The number of benzene rings is 1. The molecule has 14 nitrogen and oxygen atoms in total.